The average molecular weight is 494 g/mol. The van der Waals surface area contributed by atoms with Crippen molar-refractivity contribution in [2.75, 3.05) is 23.3 Å². The highest BCUT2D eigenvalue weighted by atomic mass is 32.2. The molecule has 0 spiro atoms. The second kappa shape index (κ2) is 10.5. The third-order valence-electron chi connectivity index (χ3n) is 5.96. The molecule has 1 N–H and O–H groups in total. The van der Waals surface area contributed by atoms with Gasteiger partial charge in [-0.3, -0.25) is 24.2 Å². The topological polar surface area (TPSA) is 69.7 Å². The molecule has 1 fully saturated rings. The number of hydrogen-bond acceptors (Lipinski definition) is 5. The van der Waals surface area contributed by atoms with Gasteiger partial charge in [-0.25, -0.2) is 0 Å². The van der Waals surface area contributed by atoms with E-state index in [4.69, 9.17) is 12.2 Å². The third kappa shape index (κ3) is 4.79. The molecule has 0 radical (unpaired) electrons. The number of unbranched alkanes of at least 4 members (excludes halogenated alkanes) is 3. The molecule has 2 aliphatic heterocycles. The molecule has 34 heavy (non-hydrogen) atoms. The first-order valence-corrected chi connectivity index (χ1v) is 12.7. The van der Waals surface area contributed by atoms with Gasteiger partial charge in [0.1, 0.15) is 10.9 Å². The molecular weight excluding hydrogens is 466 g/mol. The van der Waals surface area contributed by atoms with Crippen LogP contribution in [0, 0.1) is 6.92 Å². The van der Waals surface area contributed by atoms with E-state index in [1.54, 1.807) is 11.0 Å². The lowest BCUT2D eigenvalue weighted by atomic mass is 10.1. The zero-order chi connectivity index (χ0) is 24.2. The second-order valence-corrected chi connectivity index (χ2v) is 10.0. The molecule has 176 valence electrons. The number of thiocarbonyl (C=S) groups is 1. The van der Waals surface area contributed by atoms with Gasteiger partial charge < -0.3 is 5.32 Å². The van der Waals surface area contributed by atoms with Crippen LogP contribution >= 0.6 is 24.0 Å². The van der Waals surface area contributed by atoms with Gasteiger partial charge in [0.15, 0.2) is 0 Å². The Balaban J connectivity index is 1.58. The monoisotopic (exact) mass is 493 g/mol. The van der Waals surface area contributed by atoms with Crippen LogP contribution in [0.15, 0.2) is 53.4 Å². The van der Waals surface area contributed by atoms with Crippen LogP contribution in [0.1, 0.15) is 43.7 Å². The number of rotatable bonds is 8. The molecule has 2 aromatic carbocycles. The van der Waals surface area contributed by atoms with Gasteiger partial charge in [0.05, 0.1) is 16.2 Å². The Morgan fingerprint density at radius 3 is 2.47 bits per heavy atom. The van der Waals surface area contributed by atoms with Gasteiger partial charge in [0.25, 0.3) is 11.8 Å². The van der Waals surface area contributed by atoms with E-state index < -0.39 is 0 Å². The fourth-order valence-corrected chi connectivity index (χ4v) is 5.52. The van der Waals surface area contributed by atoms with E-state index in [1.165, 1.54) is 16.7 Å². The maximum absolute atomic E-state index is 13.5. The zero-order valence-electron chi connectivity index (χ0n) is 19.3. The van der Waals surface area contributed by atoms with Crippen LogP contribution < -0.4 is 10.2 Å². The quantitative estimate of drug-likeness (QED) is 0.314. The van der Waals surface area contributed by atoms with Crippen LogP contribution in [-0.4, -0.2) is 40.0 Å². The number of nitrogens with zero attached hydrogens (tertiary/aromatic N) is 2. The van der Waals surface area contributed by atoms with Crippen molar-refractivity contribution < 1.29 is 14.4 Å². The van der Waals surface area contributed by atoms with Crippen molar-refractivity contribution >= 4 is 63.0 Å². The molecular formula is C26H27N3O3S2. The number of hydrogen-bond donors (Lipinski definition) is 1. The molecule has 2 aromatic rings. The normalized spacial score (nSPS) is 17.5. The van der Waals surface area contributed by atoms with E-state index in [2.05, 4.69) is 12.2 Å². The summed E-state index contributed by atoms with van der Waals surface area (Å²) >= 11 is 6.65. The summed E-state index contributed by atoms with van der Waals surface area (Å²) in [5.41, 5.74) is 3.25. The van der Waals surface area contributed by atoms with E-state index in [0.29, 0.717) is 38.3 Å². The van der Waals surface area contributed by atoms with Gasteiger partial charge in [0, 0.05) is 17.8 Å². The van der Waals surface area contributed by atoms with E-state index in [-0.39, 0.29) is 24.3 Å². The molecule has 0 aromatic heterocycles. The predicted molar refractivity (Wildman–Crippen MR) is 142 cm³/mol. The minimum absolute atomic E-state index is 0.148. The van der Waals surface area contributed by atoms with Crippen LogP contribution in [0.2, 0.25) is 0 Å². The summed E-state index contributed by atoms with van der Waals surface area (Å²) in [4.78, 5) is 43.0. The van der Waals surface area contributed by atoms with Crippen molar-refractivity contribution in [1.82, 2.24) is 4.90 Å². The molecule has 6 nitrogen and oxygen atoms in total. The van der Waals surface area contributed by atoms with Crippen molar-refractivity contribution in [1.29, 1.82) is 0 Å². The molecule has 1 saturated heterocycles. The minimum atomic E-state index is -0.354. The van der Waals surface area contributed by atoms with Gasteiger partial charge in [0.2, 0.25) is 5.91 Å². The largest absolute Gasteiger partial charge is 0.324 e. The number of benzene rings is 2. The van der Waals surface area contributed by atoms with Gasteiger partial charge in [-0.1, -0.05) is 86.6 Å². The van der Waals surface area contributed by atoms with Crippen molar-refractivity contribution in [2.45, 2.75) is 39.5 Å². The number of carbonyl (C=O) groups excluding carboxylic acids is 3. The third-order valence-corrected chi connectivity index (χ3v) is 7.40. The summed E-state index contributed by atoms with van der Waals surface area (Å²) in [6, 6.07) is 14.7. The molecule has 0 atom stereocenters. The van der Waals surface area contributed by atoms with Crippen LogP contribution in [0.4, 0.5) is 11.4 Å². The van der Waals surface area contributed by atoms with Gasteiger partial charge in [-0.15, -0.1) is 0 Å². The zero-order valence-corrected chi connectivity index (χ0v) is 20.9. The van der Waals surface area contributed by atoms with Crippen LogP contribution in [0.25, 0.3) is 5.57 Å². The lowest BCUT2D eigenvalue weighted by molar-refractivity contribution is -0.122. The lowest BCUT2D eigenvalue weighted by Crippen LogP contribution is -2.35. The molecule has 4 rings (SSSR count). The molecule has 2 heterocycles. The Kier molecular flexibility index (Phi) is 7.48. The molecule has 8 heteroatoms. The van der Waals surface area contributed by atoms with Crippen molar-refractivity contribution in [3.05, 3.63) is 64.6 Å². The predicted octanol–water partition coefficient (Wildman–Crippen LogP) is 5.13. The highest BCUT2D eigenvalue weighted by Gasteiger charge is 2.42. The lowest BCUT2D eigenvalue weighted by Gasteiger charge is -2.17. The first-order valence-electron chi connectivity index (χ1n) is 11.5. The van der Waals surface area contributed by atoms with Crippen molar-refractivity contribution in [2.24, 2.45) is 0 Å². The summed E-state index contributed by atoms with van der Waals surface area (Å²) in [5.74, 6) is -0.884. The van der Waals surface area contributed by atoms with Crippen LogP contribution in [0.3, 0.4) is 0 Å². The Bertz CT molecular complexity index is 1190. The van der Waals surface area contributed by atoms with E-state index in [1.807, 2.05) is 49.4 Å². The number of thioether (sulfide) groups is 1. The number of amides is 3. The molecule has 3 amide bonds. The van der Waals surface area contributed by atoms with Gasteiger partial charge in [-0.2, -0.15) is 0 Å². The number of fused-ring (bicyclic) bond motifs is 1. The van der Waals surface area contributed by atoms with Gasteiger partial charge >= 0.3 is 0 Å². The van der Waals surface area contributed by atoms with Crippen molar-refractivity contribution in [3.63, 3.8) is 0 Å². The SMILES string of the molecule is CCCCCCN1C(=O)C(=C2C(=O)N(CC(=O)Nc3ccccc3C)c3ccccc32)SC1=S. The Hall–Kier alpha value is -2.97. The maximum Gasteiger partial charge on any atom is 0.267 e. The summed E-state index contributed by atoms with van der Waals surface area (Å²) < 4.78 is 0.477. The fraction of sp³-hybridized carbons (Fsp3) is 0.308. The Morgan fingerprint density at radius 2 is 1.71 bits per heavy atom. The number of carbonyl (C=O) groups is 3. The summed E-state index contributed by atoms with van der Waals surface area (Å²) in [7, 11) is 0. The standard InChI is InChI=1S/C26H27N3O3S2/c1-3-4-5-10-15-28-25(32)23(34-26(28)33)22-18-12-7-9-14-20(18)29(24(22)31)16-21(30)27-19-13-8-6-11-17(19)2/h6-9,11-14H,3-5,10,15-16H2,1-2H3,(H,27,30). The average Bonchev–Trinajstić information content (AvgIpc) is 3.25. The summed E-state index contributed by atoms with van der Waals surface area (Å²) in [6.45, 7) is 4.46. The minimum Gasteiger partial charge on any atom is -0.324 e. The summed E-state index contributed by atoms with van der Waals surface area (Å²) in [5, 5.41) is 2.88. The van der Waals surface area contributed by atoms with E-state index in [0.717, 1.165) is 31.2 Å². The number of anilines is 2. The molecule has 0 aliphatic carbocycles. The smallest absolute Gasteiger partial charge is 0.267 e. The Labute approximate surface area is 209 Å². The maximum atomic E-state index is 13.5. The van der Waals surface area contributed by atoms with Crippen LogP contribution in [-0.2, 0) is 14.4 Å². The number of nitrogens with one attached hydrogen (secondary N) is 1. The number of para-hydroxylation sites is 2. The molecule has 0 saturated carbocycles. The number of aryl methyl sites for hydroxylation is 1. The van der Waals surface area contributed by atoms with E-state index >= 15 is 0 Å². The highest BCUT2D eigenvalue weighted by Crippen LogP contribution is 2.44. The molecule has 0 bridgehead atoms. The fourth-order valence-electron chi connectivity index (χ4n) is 4.14. The molecule has 0 unspecified atom stereocenters. The Morgan fingerprint density at radius 1 is 0.971 bits per heavy atom. The first kappa shape index (κ1) is 24.2. The van der Waals surface area contributed by atoms with E-state index in [9.17, 15) is 14.4 Å². The first-order chi connectivity index (χ1) is 16.4. The van der Waals surface area contributed by atoms with Crippen LogP contribution in [0.5, 0.6) is 0 Å². The van der Waals surface area contributed by atoms with Gasteiger partial charge in [-0.05, 0) is 31.0 Å². The highest BCUT2D eigenvalue weighted by molar-refractivity contribution is 8.26. The summed E-state index contributed by atoms with van der Waals surface area (Å²) in [6.07, 6.45) is 4.13. The second-order valence-electron chi connectivity index (χ2n) is 8.36. The van der Waals surface area contributed by atoms with Crippen molar-refractivity contribution in [3.8, 4) is 0 Å². The molecule has 2 aliphatic rings.